The summed E-state index contributed by atoms with van der Waals surface area (Å²) in [6.07, 6.45) is 11.9. The van der Waals surface area contributed by atoms with Crippen LogP contribution in [0.15, 0.2) is 11.8 Å². The number of allylic oxidation sites excluding steroid dienone is 2. The third-order valence-electron chi connectivity index (χ3n) is 8.50. The molecule has 0 N–H and O–H groups in total. The minimum atomic E-state index is -2.57. The summed E-state index contributed by atoms with van der Waals surface area (Å²) in [6, 6.07) is 0. The van der Waals surface area contributed by atoms with E-state index in [2.05, 4.69) is 74.6 Å². The molecule has 0 aromatic heterocycles. The molecule has 0 saturated carbocycles. The van der Waals surface area contributed by atoms with Crippen molar-refractivity contribution in [1.29, 1.82) is 0 Å². The average Bonchev–Trinajstić information content (AvgIpc) is 2.85. The zero-order valence-electron chi connectivity index (χ0n) is 23.4. The van der Waals surface area contributed by atoms with Crippen molar-refractivity contribution < 1.29 is 9.22 Å². The summed E-state index contributed by atoms with van der Waals surface area (Å²) in [5.41, 5.74) is 0. The Hall–Kier alpha value is 0.226. The van der Waals surface area contributed by atoms with Crippen molar-refractivity contribution in [3.05, 3.63) is 11.8 Å². The average molecular weight is 572 g/mol. The summed E-state index contributed by atoms with van der Waals surface area (Å²) < 4.78 is 12.0. The minimum absolute atomic E-state index is 0.156. The van der Waals surface area contributed by atoms with Crippen LogP contribution in [0, 0.1) is 11.8 Å². The second-order valence-corrected chi connectivity index (χ2v) is 31.2. The molecule has 0 aromatic rings. The Morgan fingerprint density at radius 3 is 1.84 bits per heavy atom. The number of unbranched alkanes of at least 4 members (excludes halogenated alkanes) is 3. The molecule has 32 heavy (non-hydrogen) atoms. The van der Waals surface area contributed by atoms with Crippen molar-refractivity contribution in [2.45, 2.75) is 142 Å². The second-order valence-electron chi connectivity index (χ2n) is 12.5. The van der Waals surface area contributed by atoms with E-state index in [0.717, 1.165) is 12.2 Å². The van der Waals surface area contributed by atoms with Crippen molar-refractivity contribution in [3.8, 4) is 0 Å². The molecular weight excluding hydrogens is 515 g/mol. The maximum absolute atomic E-state index is 13.2. The molecule has 2 atom stereocenters. The molecule has 0 aromatic carbocycles. The molecule has 0 radical (unpaired) electrons. The quantitative estimate of drug-likeness (QED) is 0.206. The second kappa shape index (κ2) is 13.4. The molecule has 4 heteroatoms. The number of hydrogen-bond acceptors (Lipinski definition) is 2. The van der Waals surface area contributed by atoms with Gasteiger partial charge in [-0.05, 0) is 0 Å². The van der Waals surface area contributed by atoms with Gasteiger partial charge in [0, 0.05) is 0 Å². The molecule has 0 bridgehead atoms. The van der Waals surface area contributed by atoms with Crippen LogP contribution in [0.25, 0.3) is 0 Å². The van der Waals surface area contributed by atoms with E-state index in [1.54, 1.807) is 0 Å². The molecule has 1 aliphatic carbocycles. The monoisotopic (exact) mass is 572 g/mol. The van der Waals surface area contributed by atoms with Gasteiger partial charge in [0.05, 0.1) is 0 Å². The van der Waals surface area contributed by atoms with E-state index in [1.165, 1.54) is 51.8 Å². The van der Waals surface area contributed by atoms with Crippen molar-refractivity contribution in [2.24, 2.45) is 11.8 Å². The number of ketones is 1. The number of rotatable bonds is 13. The summed E-state index contributed by atoms with van der Waals surface area (Å²) in [6.45, 7) is 23.4. The maximum atomic E-state index is 13.2. The van der Waals surface area contributed by atoms with Crippen LogP contribution in [0.1, 0.15) is 107 Å². The van der Waals surface area contributed by atoms with Crippen LogP contribution < -0.4 is 0 Å². The van der Waals surface area contributed by atoms with Gasteiger partial charge in [-0.1, -0.05) is 0 Å². The van der Waals surface area contributed by atoms with Crippen molar-refractivity contribution in [1.82, 2.24) is 0 Å². The number of carbonyl (C=O) groups excluding carboxylic acids is 1. The molecule has 0 saturated heterocycles. The van der Waals surface area contributed by atoms with Crippen LogP contribution in [0.4, 0.5) is 0 Å². The molecule has 2 nitrogen and oxygen atoms in total. The molecule has 188 valence electrons. The van der Waals surface area contributed by atoms with Gasteiger partial charge in [-0.3, -0.25) is 0 Å². The third kappa shape index (κ3) is 8.46. The van der Waals surface area contributed by atoms with E-state index >= 15 is 0 Å². The summed E-state index contributed by atoms with van der Waals surface area (Å²) >= 11 is -2.57. The molecule has 0 amide bonds. The SMILES string of the molecule is CCC[CH2][Sn]([CH2]CCC)([CH2]CCC)[C@@H]1C=C(O[Si](C)(C)C(C)(C)C)CC(=O)C[C@@H]1C(C)C. The van der Waals surface area contributed by atoms with Crippen LogP contribution in [-0.4, -0.2) is 32.5 Å². The summed E-state index contributed by atoms with van der Waals surface area (Å²) in [4.78, 5) is 13.2. The van der Waals surface area contributed by atoms with Gasteiger partial charge in [0.2, 0.25) is 0 Å². The van der Waals surface area contributed by atoms with Crippen LogP contribution in [-0.2, 0) is 9.22 Å². The normalized spacial score (nSPS) is 21.0. The number of Topliss-reactive ketones (excluding diaryl/α,β-unsaturated/α-hetero) is 1. The van der Waals surface area contributed by atoms with Gasteiger partial charge >= 0.3 is 208 Å². The molecule has 0 unspecified atom stereocenters. The fourth-order valence-corrected chi connectivity index (χ4v) is 26.1. The molecule has 0 heterocycles. The van der Waals surface area contributed by atoms with Gasteiger partial charge in [0.15, 0.2) is 0 Å². The van der Waals surface area contributed by atoms with Crippen molar-refractivity contribution in [3.63, 3.8) is 0 Å². The first-order valence-electron chi connectivity index (χ1n) is 13.7. The molecule has 0 spiro atoms. The van der Waals surface area contributed by atoms with Crippen LogP contribution in [0.3, 0.4) is 0 Å². The van der Waals surface area contributed by atoms with E-state index in [1.807, 2.05) is 0 Å². The van der Waals surface area contributed by atoms with Gasteiger partial charge in [-0.2, -0.15) is 0 Å². The Morgan fingerprint density at radius 1 is 1.00 bits per heavy atom. The zero-order chi connectivity index (χ0) is 24.6. The molecular formula is C28H56O2SiSn. The number of carbonyl (C=O) groups is 1. The van der Waals surface area contributed by atoms with E-state index in [0.29, 0.717) is 28.0 Å². The third-order valence-corrected chi connectivity index (χ3v) is 30.2. The van der Waals surface area contributed by atoms with E-state index < -0.39 is 26.7 Å². The van der Waals surface area contributed by atoms with E-state index in [9.17, 15) is 4.79 Å². The predicted octanol–water partition coefficient (Wildman–Crippen LogP) is 9.75. The van der Waals surface area contributed by atoms with Crippen LogP contribution in [0.5, 0.6) is 0 Å². The fourth-order valence-electron chi connectivity index (χ4n) is 5.33. The van der Waals surface area contributed by atoms with Gasteiger partial charge in [-0.25, -0.2) is 0 Å². The van der Waals surface area contributed by atoms with Gasteiger partial charge in [0.25, 0.3) is 0 Å². The zero-order valence-corrected chi connectivity index (χ0v) is 27.3. The Kier molecular flexibility index (Phi) is 12.6. The first kappa shape index (κ1) is 30.3. The van der Waals surface area contributed by atoms with Gasteiger partial charge < -0.3 is 0 Å². The summed E-state index contributed by atoms with van der Waals surface area (Å²) in [7, 11) is -1.96. The predicted molar refractivity (Wildman–Crippen MR) is 148 cm³/mol. The van der Waals surface area contributed by atoms with Crippen molar-refractivity contribution in [2.75, 3.05) is 0 Å². The van der Waals surface area contributed by atoms with Gasteiger partial charge in [0.1, 0.15) is 0 Å². The molecule has 0 fully saturated rings. The summed E-state index contributed by atoms with van der Waals surface area (Å²) in [5.74, 6) is 2.55. The topological polar surface area (TPSA) is 26.3 Å². The van der Waals surface area contributed by atoms with E-state index in [4.69, 9.17) is 4.43 Å². The number of hydrogen-bond donors (Lipinski definition) is 0. The van der Waals surface area contributed by atoms with E-state index in [-0.39, 0.29) is 5.04 Å². The molecule has 1 aliphatic rings. The fraction of sp³-hybridized carbons (Fsp3) is 0.893. The van der Waals surface area contributed by atoms with Crippen LogP contribution >= 0.6 is 0 Å². The Balaban J connectivity index is 3.58. The Bertz CT molecular complexity index is 581. The van der Waals surface area contributed by atoms with Crippen LogP contribution in [0.2, 0.25) is 35.4 Å². The molecule has 1 rings (SSSR count). The Morgan fingerprint density at radius 2 is 1.47 bits per heavy atom. The standard InChI is InChI=1S/C16H29O2Si.3C4H9.Sn/c1-12(2)13-8-9-15(11-14(17)10-13)18-19(6,7)16(3,4)5;3*1-3-4-2;/h8-9,12-13H,10-11H2,1-7H3;3*1,3-4H2,2H3;/t13-;;;;/m1..../s1. The first-order chi connectivity index (χ1) is 14.8. The summed E-state index contributed by atoms with van der Waals surface area (Å²) in [5, 5.41) is 0.156. The first-order valence-corrected chi connectivity index (χ1v) is 24.4. The van der Waals surface area contributed by atoms with Crippen molar-refractivity contribution >= 4 is 32.5 Å². The van der Waals surface area contributed by atoms with Gasteiger partial charge in [-0.15, -0.1) is 0 Å². The molecule has 0 aliphatic heterocycles. The Labute approximate surface area is 206 Å².